The summed E-state index contributed by atoms with van der Waals surface area (Å²) < 4.78 is 13.6. The molecule has 0 atom stereocenters. The van der Waals surface area contributed by atoms with Gasteiger partial charge in [-0.05, 0) is 25.8 Å². The van der Waals surface area contributed by atoms with Crippen LogP contribution >= 0.6 is 11.6 Å². The zero-order valence-electron chi connectivity index (χ0n) is 9.08. The van der Waals surface area contributed by atoms with Crippen molar-refractivity contribution in [1.82, 2.24) is 4.98 Å². The standard InChI is InChI=1S/C11H14ClFN2O/c1-11(16)2-4-15(5-3-11)10-9(13)6-8(12)7-14-10/h6-7,16H,2-5H2,1H3. The highest BCUT2D eigenvalue weighted by Crippen LogP contribution is 2.27. The summed E-state index contributed by atoms with van der Waals surface area (Å²) in [5.41, 5.74) is -0.639. The molecule has 1 aromatic rings. The lowest BCUT2D eigenvalue weighted by Crippen LogP contribution is -2.43. The Morgan fingerprint density at radius 3 is 2.69 bits per heavy atom. The number of aromatic nitrogens is 1. The molecule has 5 heteroatoms. The van der Waals surface area contributed by atoms with Gasteiger partial charge in [0.05, 0.1) is 10.6 Å². The lowest BCUT2D eigenvalue weighted by atomic mass is 9.94. The number of anilines is 1. The van der Waals surface area contributed by atoms with Crippen LogP contribution in [0.4, 0.5) is 10.2 Å². The van der Waals surface area contributed by atoms with Crippen LogP contribution in [0.1, 0.15) is 19.8 Å². The van der Waals surface area contributed by atoms with Crippen LogP contribution in [0.25, 0.3) is 0 Å². The fraction of sp³-hybridized carbons (Fsp3) is 0.545. The highest BCUT2D eigenvalue weighted by atomic mass is 35.5. The smallest absolute Gasteiger partial charge is 0.167 e. The van der Waals surface area contributed by atoms with Crippen molar-refractivity contribution < 1.29 is 9.50 Å². The van der Waals surface area contributed by atoms with E-state index in [4.69, 9.17) is 11.6 Å². The van der Waals surface area contributed by atoms with E-state index in [0.717, 1.165) is 0 Å². The second kappa shape index (κ2) is 4.18. The Labute approximate surface area is 98.9 Å². The molecule has 0 unspecified atom stereocenters. The van der Waals surface area contributed by atoms with Crippen LogP contribution in [-0.2, 0) is 0 Å². The molecule has 1 aliphatic rings. The maximum absolute atomic E-state index is 13.6. The SMILES string of the molecule is CC1(O)CCN(c2ncc(Cl)cc2F)CC1. The summed E-state index contributed by atoms with van der Waals surface area (Å²) in [5.74, 6) is -0.0889. The van der Waals surface area contributed by atoms with Crippen molar-refractivity contribution in [2.24, 2.45) is 0 Å². The van der Waals surface area contributed by atoms with Gasteiger partial charge in [-0.1, -0.05) is 11.6 Å². The number of piperidine rings is 1. The molecule has 1 saturated heterocycles. The molecule has 0 aromatic carbocycles. The molecule has 0 aliphatic carbocycles. The quantitative estimate of drug-likeness (QED) is 0.823. The number of hydrogen-bond donors (Lipinski definition) is 1. The minimum atomic E-state index is -0.639. The average Bonchev–Trinajstić information content (AvgIpc) is 2.19. The Bertz CT molecular complexity index is 388. The second-order valence-corrected chi connectivity index (χ2v) is 4.88. The Balaban J connectivity index is 2.14. The number of rotatable bonds is 1. The maximum Gasteiger partial charge on any atom is 0.167 e. The van der Waals surface area contributed by atoms with Gasteiger partial charge < -0.3 is 10.0 Å². The molecule has 16 heavy (non-hydrogen) atoms. The van der Waals surface area contributed by atoms with E-state index in [0.29, 0.717) is 36.8 Å². The topological polar surface area (TPSA) is 36.4 Å². The van der Waals surface area contributed by atoms with Crippen LogP contribution in [0.5, 0.6) is 0 Å². The summed E-state index contributed by atoms with van der Waals surface area (Å²) in [5, 5.41) is 10.1. The van der Waals surface area contributed by atoms with E-state index in [1.807, 2.05) is 4.90 Å². The molecule has 3 nitrogen and oxygen atoms in total. The van der Waals surface area contributed by atoms with Crippen LogP contribution < -0.4 is 4.90 Å². The van der Waals surface area contributed by atoms with Gasteiger partial charge in [-0.15, -0.1) is 0 Å². The predicted molar refractivity (Wildman–Crippen MR) is 61.3 cm³/mol. The predicted octanol–water partition coefficient (Wildman–Crippen LogP) is 2.23. The number of aliphatic hydroxyl groups is 1. The molecule has 88 valence electrons. The molecule has 2 rings (SSSR count). The second-order valence-electron chi connectivity index (χ2n) is 4.44. The first-order valence-electron chi connectivity index (χ1n) is 5.26. The Morgan fingerprint density at radius 2 is 2.12 bits per heavy atom. The molecule has 1 N–H and O–H groups in total. The summed E-state index contributed by atoms with van der Waals surface area (Å²) in [6.45, 7) is 3.02. The van der Waals surface area contributed by atoms with Gasteiger partial charge in [-0.25, -0.2) is 9.37 Å². The van der Waals surface area contributed by atoms with Gasteiger partial charge in [0.2, 0.25) is 0 Å². The van der Waals surface area contributed by atoms with Crippen molar-refractivity contribution >= 4 is 17.4 Å². The first-order chi connectivity index (χ1) is 7.48. The molecule has 0 saturated carbocycles. The minimum Gasteiger partial charge on any atom is -0.390 e. The van der Waals surface area contributed by atoms with Crippen molar-refractivity contribution in [3.8, 4) is 0 Å². The van der Waals surface area contributed by atoms with Gasteiger partial charge in [0.1, 0.15) is 0 Å². The summed E-state index contributed by atoms with van der Waals surface area (Å²) in [7, 11) is 0. The summed E-state index contributed by atoms with van der Waals surface area (Å²) in [6, 6.07) is 1.26. The number of halogens is 2. The molecule has 1 fully saturated rings. The van der Waals surface area contributed by atoms with Crippen LogP contribution in [0.3, 0.4) is 0 Å². The fourth-order valence-corrected chi connectivity index (χ4v) is 1.98. The minimum absolute atomic E-state index is 0.297. The van der Waals surface area contributed by atoms with E-state index in [2.05, 4.69) is 4.98 Å². The molecular weight excluding hydrogens is 231 g/mol. The number of pyridine rings is 1. The molecular formula is C11H14ClFN2O. The number of nitrogens with zero attached hydrogens (tertiary/aromatic N) is 2. The van der Waals surface area contributed by atoms with E-state index < -0.39 is 11.4 Å². The average molecular weight is 245 g/mol. The van der Waals surface area contributed by atoms with Crippen molar-refractivity contribution in [1.29, 1.82) is 0 Å². The largest absolute Gasteiger partial charge is 0.390 e. The molecule has 0 spiro atoms. The normalized spacial score (nSPS) is 19.9. The van der Waals surface area contributed by atoms with Crippen LogP contribution in [-0.4, -0.2) is 28.8 Å². The lowest BCUT2D eigenvalue weighted by molar-refractivity contribution is 0.0349. The molecule has 0 amide bonds. The lowest BCUT2D eigenvalue weighted by Gasteiger charge is -2.36. The Kier molecular flexibility index (Phi) is 3.04. The monoisotopic (exact) mass is 244 g/mol. The zero-order chi connectivity index (χ0) is 11.8. The fourth-order valence-electron chi connectivity index (χ4n) is 1.84. The first kappa shape index (κ1) is 11.6. The van der Waals surface area contributed by atoms with E-state index in [-0.39, 0.29) is 0 Å². The first-order valence-corrected chi connectivity index (χ1v) is 5.64. The maximum atomic E-state index is 13.6. The van der Waals surface area contributed by atoms with E-state index in [1.165, 1.54) is 12.3 Å². The van der Waals surface area contributed by atoms with E-state index in [9.17, 15) is 9.50 Å². The molecule has 0 radical (unpaired) electrons. The van der Waals surface area contributed by atoms with Crippen LogP contribution in [0.15, 0.2) is 12.3 Å². The number of hydrogen-bond acceptors (Lipinski definition) is 3. The third kappa shape index (κ3) is 2.44. The molecule has 0 bridgehead atoms. The third-order valence-electron chi connectivity index (χ3n) is 2.93. The highest BCUT2D eigenvalue weighted by Gasteiger charge is 2.28. The summed E-state index contributed by atoms with van der Waals surface area (Å²) in [4.78, 5) is 5.82. The summed E-state index contributed by atoms with van der Waals surface area (Å²) in [6.07, 6.45) is 2.68. The van der Waals surface area contributed by atoms with Crippen LogP contribution in [0.2, 0.25) is 5.02 Å². The Hall–Kier alpha value is -0.870. The van der Waals surface area contributed by atoms with Gasteiger partial charge >= 0.3 is 0 Å². The molecule has 1 aromatic heterocycles. The van der Waals surface area contributed by atoms with Gasteiger partial charge in [-0.2, -0.15) is 0 Å². The van der Waals surface area contributed by atoms with Crippen molar-refractivity contribution in [2.75, 3.05) is 18.0 Å². The van der Waals surface area contributed by atoms with E-state index in [1.54, 1.807) is 6.92 Å². The Morgan fingerprint density at radius 1 is 1.50 bits per heavy atom. The van der Waals surface area contributed by atoms with Crippen molar-refractivity contribution in [3.63, 3.8) is 0 Å². The summed E-state index contributed by atoms with van der Waals surface area (Å²) >= 11 is 5.64. The molecule has 1 aliphatic heterocycles. The highest BCUT2D eigenvalue weighted by molar-refractivity contribution is 6.30. The van der Waals surface area contributed by atoms with Gasteiger partial charge in [0.25, 0.3) is 0 Å². The van der Waals surface area contributed by atoms with Crippen LogP contribution in [0, 0.1) is 5.82 Å². The third-order valence-corrected chi connectivity index (χ3v) is 3.14. The van der Waals surface area contributed by atoms with Crippen molar-refractivity contribution in [2.45, 2.75) is 25.4 Å². The van der Waals surface area contributed by atoms with E-state index >= 15 is 0 Å². The van der Waals surface area contributed by atoms with Gasteiger partial charge in [0.15, 0.2) is 11.6 Å². The zero-order valence-corrected chi connectivity index (χ0v) is 9.84. The van der Waals surface area contributed by atoms with Crippen molar-refractivity contribution in [3.05, 3.63) is 23.1 Å². The van der Waals surface area contributed by atoms with Gasteiger partial charge in [0, 0.05) is 19.3 Å². The molecule has 2 heterocycles. The van der Waals surface area contributed by atoms with Gasteiger partial charge in [-0.3, -0.25) is 0 Å².